The van der Waals surface area contributed by atoms with Crippen LogP contribution in [-0.4, -0.2) is 55.0 Å². The second-order valence-corrected chi connectivity index (χ2v) is 8.44. The molecule has 3 aromatic rings. The number of aromatic nitrogens is 1. The predicted octanol–water partition coefficient (Wildman–Crippen LogP) is 5.46. The quantitative estimate of drug-likeness (QED) is 0.388. The van der Waals surface area contributed by atoms with Gasteiger partial charge >= 0.3 is 5.97 Å². The molecule has 0 saturated heterocycles. The van der Waals surface area contributed by atoms with E-state index in [9.17, 15) is 9.59 Å². The normalized spacial score (nSPS) is 10.8. The fourth-order valence-electron chi connectivity index (χ4n) is 3.37. The Morgan fingerprint density at radius 3 is 2.31 bits per heavy atom. The summed E-state index contributed by atoms with van der Waals surface area (Å²) >= 11 is 7.78. The van der Waals surface area contributed by atoms with E-state index in [1.54, 1.807) is 29.2 Å². The van der Waals surface area contributed by atoms with E-state index in [1.165, 1.54) is 18.4 Å². The van der Waals surface area contributed by atoms with Crippen molar-refractivity contribution < 1.29 is 14.3 Å². The number of hydrogen-bond acceptors (Lipinski definition) is 6. The van der Waals surface area contributed by atoms with Crippen molar-refractivity contribution in [2.45, 2.75) is 20.8 Å². The minimum Gasteiger partial charge on any atom is -0.465 e. The molecule has 0 saturated carbocycles. The summed E-state index contributed by atoms with van der Waals surface area (Å²) in [4.78, 5) is 34.5. The molecule has 0 spiro atoms. The van der Waals surface area contributed by atoms with Crippen LogP contribution in [0.3, 0.4) is 0 Å². The Labute approximate surface area is 203 Å². The van der Waals surface area contributed by atoms with Crippen molar-refractivity contribution in [1.82, 2.24) is 9.88 Å². The zero-order valence-corrected chi connectivity index (χ0v) is 20.9. The smallest absolute Gasteiger partial charge is 0.338 e. The minimum atomic E-state index is -0.546. The van der Waals surface area contributed by atoms with Gasteiger partial charge in [-0.05, 0) is 43.8 Å². The first-order valence-corrected chi connectivity index (χ1v) is 11.4. The summed E-state index contributed by atoms with van der Waals surface area (Å²) in [7, 11) is 1.31. The Morgan fingerprint density at radius 1 is 1.06 bits per heavy atom. The first-order valence-electron chi connectivity index (χ1n) is 10.2. The van der Waals surface area contributed by atoms with Crippen LogP contribution in [0.25, 0.3) is 10.2 Å². The second kappa shape index (κ2) is 11.6. The van der Waals surface area contributed by atoms with Crippen LogP contribution in [0.15, 0.2) is 36.4 Å². The van der Waals surface area contributed by atoms with Gasteiger partial charge in [-0.3, -0.25) is 9.69 Å². The summed E-state index contributed by atoms with van der Waals surface area (Å²) in [6.45, 7) is 9.02. The highest BCUT2D eigenvalue weighted by atomic mass is 35.5. The SMILES string of the molecule is CCN(CC)CCN(C(=O)c1ccccc1C(=O)OC)c1nc2c(C)ccc(Cl)c2s1.Cl. The topological polar surface area (TPSA) is 62.7 Å². The van der Waals surface area contributed by atoms with E-state index in [-0.39, 0.29) is 29.4 Å². The number of anilines is 1. The van der Waals surface area contributed by atoms with Gasteiger partial charge in [-0.2, -0.15) is 0 Å². The molecule has 1 amide bonds. The molecule has 0 N–H and O–H groups in total. The summed E-state index contributed by atoms with van der Waals surface area (Å²) in [6.07, 6.45) is 0. The molecule has 0 radical (unpaired) electrons. The fraction of sp³-hybridized carbons (Fsp3) is 0.348. The third-order valence-electron chi connectivity index (χ3n) is 5.26. The van der Waals surface area contributed by atoms with Gasteiger partial charge in [-0.1, -0.05) is 55.0 Å². The van der Waals surface area contributed by atoms with Gasteiger partial charge in [0.05, 0.1) is 33.5 Å². The number of fused-ring (bicyclic) bond motifs is 1. The Hall–Kier alpha value is -2.19. The maximum Gasteiger partial charge on any atom is 0.338 e. The van der Waals surface area contributed by atoms with Crippen LogP contribution in [0.2, 0.25) is 5.02 Å². The number of esters is 1. The highest BCUT2D eigenvalue weighted by molar-refractivity contribution is 7.23. The molecule has 0 bridgehead atoms. The number of rotatable bonds is 8. The summed E-state index contributed by atoms with van der Waals surface area (Å²) < 4.78 is 5.72. The number of hydrogen-bond donors (Lipinski definition) is 0. The third kappa shape index (κ3) is 5.41. The van der Waals surface area contributed by atoms with Crippen LogP contribution in [0.1, 0.15) is 40.1 Å². The lowest BCUT2D eigenvalue weighted by Gasteiger charge is -2.25. The lowest BCUT2D eigenvalue weighted by Crippen LogP contribution is -2.39. The molecule has 0 aliphatic carbocycles. The number of benzene rings is 2. The van der Waals surface area contributed by atoms with Gasteiger partial charge < -0.3 is 9.64 Å². The zero-order valence-electron chi connectivity index (χ0n) is 18.6. The molecule has 6 nitrogen and oxygen atoms in total. The van der Waals surface area contributed by atoms with E-state index in [2.05, 4.69) is 18.7 Å². The molecule has 2 aromatic carbocycles. The van der Waals surface area contributed by atoms with E-state index < -0.39 is 5.97 Å². The summed E-state index contributed by atoms with van der Waals surface area (Å²) in [6, 6.07) is 10.5. The summed E-state index contributed by atoms with van der Waals surface area (Å²) in [5.41, 5.74) is 2.30. The van der Waals surface area contributed by atoms with Crippen LogP contribution < -0.4 is 4.90 Å². The number of thiazole rings is 1. The van der Waals surface area contributed by atoms with Crippen molar-refractivity contribution >= 4 is 62.6 Å². The van der Waals surface area contributed by atoms with E-state index in [4.69, 9.17) is 21.3 Å². The predicted molar refractivity (Wildman–Crippen MR) is 134 cm³/mol. The van der Waals surface area contributed by atoms with Gasteiger partial charge in [0.2, 0.25) is 0 Å². The third-order valence-corrected chi connectivity index (χ3v) is 6.80. The molecule has 32 heavy (non-hydrogen) atoms. The highest BCUT2D eigenvalue weighted by Gasteiger charge is 2.26. The van der Waals surface area contributed by atoms with Gasteiger partial charge in [-0.25, -0.2) is 9.78 Å². The molecular formula is C23H27Cl2N3O3S. The van der Waals surface area contributed by atoms with Crippen molar-refractivity contribution in [1.29, 1.82) is 0 Å². The molecule has 172 valence electrons. The summed E-state index contributed by atoms with van der Waals surface area (Å²) in [5, 5.41) is 1.17. The first-order chi connectivity index (χ1) is 14.9. The van der Waals surface area contributed by atoms with E-state index in [0.29, 0.717) is 23.2 Å². The van der Waals surface area contributed by atoms with E-state index in [1.807, 2.05) is 19.1 Å². The van der Waals surface area contributed by atoms with Crippen LogP contribution in [0, 0.1) is 6.92 Å². The fourth-order valence-corrected chi connectivity index (χ4v) is 4.72. The molecule has 9 heteroatoms. The van der Waals surface area contributed by atoms with Crippen molar-refractivity contribution in [2.24, 2.45) is 0 Å². The highest BCUT2D eigenvalue weighted by Crippen LogP contribution is 2.36. The Morgan fingerprint density at radius 2 is 1.72 bits per heavy atom. The number of amides is 1. The zero-order chi connectivity index (χ0) is 22.5. The van der Waals surface area contributed by atoms with Crippen molar-refractivity contribution in [3.8, 4) is 0 Å². The molecule has 0 fully saturated rings. The molecule has 0 aliphatic rings. The van der Waals surface area contributed by atoms with E-state index >= 15 is 0 Å². The second-order valence-electron chi connectivity index (χ2n) is 7.06. The Balaban J connectivity index is 0.00000363. The summed E-state index contributed by atoms with van der Waals surface area (Å²) in [5.74, 6) is -0.836. The first kappa shape index (κ1) is 26.1. The van der Waals surface area contributed by atoms with Gasteiger partial charge in [0, 0.05) is 13.1 Å². The molecule has 3 rings (SSSR count). The number of likely N-dealkylation sites (N-methyl/N-ethyl adjacent to an activating group) is 1. The molecule has 1 heterocycles. The number of halogens is 2. The monoisotopic (exact) mass is 495 g/mol. The molecular weight excluding hydrogens is 469 g/mol. The number of carbonyl (C=O) groups excluding carboxylic acids is 2. The number of aryl methyl sites for hydroxylation is 1. The maximum atomic E-state index is 13.7. The molecule has 0 atom stereocenters. The van der Waals surface area contributed by atoms with Crippen molar-refractivity contribution in [2.75, 3.05) is 38.2 Å². The molecule has 0 aliphatic heterocycles. The standard InChI is InChI=1S/C23H26ClN3O3S.ClH/c1-5-26(6-2)13-14-27(21(28)16-9-7-8-10-17(16)22(29)30-4)23-25-19-15(3)11-12-18(24)20(19)31-23;/h7-12H,5-6,13-14H2,1-4H3;1H. The largest absolute Gasteiger partial charge is 0.465 e. The van der Waals surface area contributed by atoms with Crippen LogP contribution in [-0.2, 0) is 4.74 Å². The molecule has 1 aromatic heterocycles. The number of ether oxygens (including phenoxy) is 1. The van der Waals surface area contributed by atoms with Crippen LogP contribution in [0.4, 0.5) is 5.13 Å². The van der Waals surface area contributed by atoms with Crippen molar-refractivity contribution in [3.05, 3.63) is 58.1 Å². The molecule has 0 unspecified atom stereocenters. The van der Waals surface area contributed by atoms with Gasteiger partial charge in [0.15, 0.2) is 5.13 Å². The average Bonchev–Trinajstić information content (AvgIpc) is 3.25. The Kier molecular flexibility index (Phi) is 9.46. The lowest BCUT2D eigenvalue weighted by atomic mass is 10.1. The van der Waals surface area contributed by atoms with Crippen LogP contribution in [0.5, 0.6) is 0 Å². The average molecular weight is 496 g/mol. The van der Waals surface area contributed by atoms with Gasteiger partial charge in [0.25, 0.3) is 5.91 Å². The number of carbonyl (C=O) groups is 2. The van der Waals surface area contributed by atoms with Crippen molar-refractivity contribution in [3.63, 3.8) is 0 Å². The van der Waals surface area contributed by atoms with Gasteiger partial charge in [-0.15, -0.1) is 12.4 Å². The minimum absolute atomic E-state index is 0. The maximum absolute atomic E-state index is 13.7. The van der Waals surface area contributed by atoms with Gasteiger partial charge in [0.1, 0.15) is 0 Å². The van der Waals surface area contributed by atoms with Crippen LogP contribution >= 0.6 is 35.3 Å². The number of methoxy groups -OCH3 is 1. The Bertz CT molecular complexity index is 1060. The van der Waals surface area contributed by atoms with E-state index in [0.717, 1.165) is 28.9 Å². The lowest BCUT2D eigenvalue weighted by molar-refractivity contribution is 0.0597. The number of nitrogens with zero attached hydrogens (tertiary/aromatic N) is 3.